The van der Waals surface area contributed by atoms with Gasteiger partial charge in [0.15, 0.2) is 12.1 Å². The summed E-state index contributed by atoms with van der Waals surface area (Å²) in [7, 11) is 0. The van der Waals surface area contributed by atoms with Gasteiger partial charge in [-0.25, -0.2) is 0 Å². The van der Waals surface area contributed by atoms with Gasteiger partial charge in [-0.3, -0.25) is 0 Å². The average Bonchev–Trinajstić information content (AvgIpc) is 2.25. The molecule has 0 aromatic heterocycles. The second-order valence-electron chi connectivity index (χ2n) is 3.18. The number of carbonyl (C=O) groups excluding carboxylic acids is 1. The highest BCUT2D eigenvalue weighted by Crippen LogP contribution is 2.28. The van der Waals surface area contributed by atoms with Crippen LogP contribution in [0.2, 0.25) is 0 Å². The van der Waals surface area contributed by atoms with Crippen molar-refractivity contribution in [2.45, 2.75) is 45.2 Å². The van der Waals surface area contributed by atoms with Crippen LogP contribution in [0.25, 0.3) is 0 Å². The van der Waals surface area contributed by atoms with Gasteiger partial charge in [0.1, 0.15) is 6.10 Å². The topological polar surface area (TPSA) is 35.5 Å². The molecule has 2 atom stereocenters. The molecule has 1 heterocycles. The molecule has 64 valence electrons. The molecule has 1 fully saturated rings. The van der Waals surface area contributed by atoms with E-state index in [0.717, 1.165) is 12.7 Å². The number of carbonyl (C=O) groups is 1. The first-order valence-electron chi connectivity index (χ1n) is 3.90. The van der Waals surface area contributed by atoms with E-state index in [-0.39, 0.29) is 12.2 Å². The Labute approximate surface area is 66.7 Å². The molecule has 0 amide bonds. The molecule has 1 rings (SSSR count). The van der Waals surface area contributed by atoms with Crippen molar-refractivity contribution < 1.29 is 14.3 Å². The lowest BCUT2D eigenvalue weighted by atomic mass is 10.2. The van der Waals surface area contributed by atoms with Crippen LogP contribution in [0.4, 0.5) is 0 Å². The van der Waals surface area contributed by atoms with Crippen LogP contribution in [0.15, 0.2) is 0 Å². The van der Waals surface area contributed by atoms with Crippen LogP contribution in [0.5, 0.6) is 0 Å². The van der Waals surface area contributed by atoms with Gasteiger partial charge in [0.2, 0.25) is 0 Å². The second kappa shape index (κ2) is 2.91. The third kappa shape index (κ3) is 1.79. The fourth-order valence-electron chi connectivity index (χ4n) is 1.29. The molecule has 0 aromatic carbocycles. The van der Waals surface area contributed by atoms with Crippen LogP contribution in [-0.4, -0.2) is 24.3 Å². The zero-order valence-corrected chi connectivity index (χ0v) is 7.16. The highest BCUT2D eigenvalue weighted by molar-refractivity contribution is 5.57. The average molecular weight is 158 g/mol. The van der Waals surface area contributed by atoms with Gasteiger partial charge >= 0.3 is 0 Å². The van der Waals surface area contributed by atoms with Crippen LogP contribution in [0.1, 0.15) is 27.2 Å². The lowest BCUT2D eigenvalue weighted by Crippen LogP contribution is -2.22. The molecular formula is C8H14O3. The monoisotopic (exact) mass is 158 g/mol. The highest BCUT2D eigenvalue weighted by Gasteiger charge is 2.39. The maximum atomic E-state index is 10.5. The maximum absolute atomic E-state index is 10.5. The molecule has 0 spiro atoms. The first kappa shape index (κ1) is 8.68. The van der Waals surface area contributed by atoms with Gasteiger partial charge < -0.3 is 14.3 Å². The number of hydrogen-bond donors (Lipinski definition) is 0. The molecule has 0 aliphatic carbocycles. The third-order valence-corrected chi connectivity index (χ3v) is 1.76. The Balaban J connectivity index is 2.62. The van der Waals surface area contributed by atoms with Crippen LogP contribution < -0.4 is 0 Å². The van der Waals surface area contributed by atoms with Gasteiger partial charge in [0.05, 0.1) is 6.10 Å². The minimum absolute atomic E-state index is 0.0671. The van der Waals surface area contributed by atoms with E-state index in [0.29, 0.717) is 0 Å². The van der Waals surface area contributed by atoms with E-state index in [1.54, 1.807) is 0 Å². The predicted octanol–water partition coefficient (Wildman–Crippen LogP) is 1.12. The Morgan fingerprint density at radius 3 is 2.45 bits per heavy atom. The van der Waals surface area contributed by atoms with E-state index in [2.05, 4.69) is 0 Å². The normalized spacial score (nSPS) is 35.5. The minimum atomic E-state index is -0.591. The summed E-state index contributed by atoms with van der Waals surface area (Å²) in [4.78, 5) is 10.5. The zero-order valence-electron chi connectivity index (χ0n) is 7.16. The van der Waals surface area contributed by atoms with Crippen molar-refractivity contribution in [2.24, 2.45) is 0 Å². The number of hydrogen-bond acceptors (Lipinski definition) is 3. The van der Waals surface area contributed by atoms with Gasteiger partial charge in [0, 0.05) is 0 Å². The van der Waals surface area contributed by atoms with Crippen molar-refractivity contribution in [3.8, 4) is 0 Å². The van der Waals surface area contributed by atoms with E-state index in [1.807, 2.05) is 20.8 Å². The molecule has 11 heavy (non-hydrogen) atoms. The van der Waals surface area contributed by atoms with Gasteiger partial charge in [0.25, 0.3) is 0 Å². The highest BCUT2D eigenvalue weighted by atomic mass is 16.8. The van der Waals surface area contributed by atoms with E-state index in [1.165, 1.54) is 0 Å². The Morgan fingerprint density at radius 1 is 1.45 bits per heavy atom. The maximum Gasteiger partial charge on any atom is 0.164 e. The summed E-state index contributed by atoms with van der Waals surface area (Å²) in [5.41, 5.74) is 0. The lowest BCUT2D eigenvalue weighted by molar-refractivity contribution is -0.150. The predicted molar refractivity (Wildman–Crippen MR) is 40.2 cm³/mol. The lowest BCUT2D eigenvalue weighted by Gasteiger charge is -2.15. The summed E-state index contributed by atoms with van der Waals surface area (Å²) in [6.07, 6.45) is 1.17. The van der Waals surface area contributed by atoms with Gasteiger partial charge in [-0.05, 0) is 20.3 Å². The summed E-state index contributed by atoms with van der Waals surface area (Å²) < 4.78 is 10.8. The molecule has 0 radical (unpaired) electrons. The summed E-state index contributed by atoms with van der Waals surface area (Å²) in [6.45, 7) is 5.62. The van der Waals surface area contributed by atoms with Crippen molar-refractivity contribution in [1.29, 1.82) is 0 Å². The Morgan fingerprint density at radius 2 is 2.09 bits per heavy atom. The van der Waals surface area contributed by atoms with Crippen molar-refractivity contribution in [1.82, 2.24) is 0 Å². The molecule has 3 heteroatoms. The largest absolute Gasteiger partial charge is 0.344 e. The van der Waals surface area contributed by atoms with Gasteiger partial charge in [-0.15, -0.1) is 0 Å². The summed E-state index contributed by atoms with van der Waals surface area (Å²) in [5.74, 6) is -0.591. The van der Waals surface area contributed by atoms with Crippen LogP contribution in [0, 0.1) is 0 Å². The van der Waals surface area contributed by atoms with Crippen molar-refractivity contribution in [3.63, 3.8) is 0 Å². The van der Waals surface area contributed by atoms with Gasteiger partial charge in [-0.1, -0.05) is 6.92 Å². The molecule has 1 saturated heterocycles. The molecule has 0 N–H and O–H groups in total. The molecule has 0 unspecified atom stereocenters. The standard InChI is InChI=1S/C8H14O3/c1-4-6-7(5-9)11-8(2,3)10-6/h5-7H,4H2,1-3H3/t6-,7+/m1/s1. The number of rotatable bonds is 2. The zero-order chi connectivity index (χ0) is 8.48. The molecule has 1 aliphatic heterocycles. The van der Waals surface area contributed by atoms with E-state index < -0.39 is 5.79 Å². The SMILES string of the molecule is CC[C@H]1OC(C)(C)O[C@H]1C=O. The molecule has 0 aromatic rings. The first-order chi connectivity index (χ1) is 5.09. The van der Waals surface area contributed by atoms with Crippen LogP contribution in [0.3, 0.4) is 0 Å². The van der Waals surface area contributed by atoms with Gasteiger partial charge in [-0.2, -0.15) is 0 Å². The number of aldehydes is 1. The minimum Gasteiger partial charge on any atom is -0.344 e. The second-order valence-corrected chi connectivity index (χ2v) is 3.18. The molecular weight excluding hydrogens is 144 g/mol. The fourth-order valence-corrected chi connectivity index (χ4v) is 1.29. The summed E-state index contributed by atoms with van der Waals surface area (Å²) in [6, 6.07) is 0. The van der Waals surface area contributed by atoms with E-state index in [9.17, 15) is 4.79 Å². The summed E-state index contributed by atoms with van der Waals surface area (Å²) in [5, 5.41) is 0. The Kier molecular flexibility index (Phi) is 2.30. The van der Waals surface area contributed by atoms with Crippen LogP contribution in [-0.2, 0) is 14.3 Å². The van der Waals surface area contributed by atoms with Crippen molar-refractivity contribution in [3.05, 3.63) is 0 Å². The van der Waals surface area contributed by atoms with Crippen molar-refractivity contribution >= 4 is 6.29 Å². The Bertz CT molecular complexity index is 153. The number of ether oxygens (including phenoxy) is 2. The molecule has 0 bridgehead atoms. The van der Waals surface area contributed by atoms with E-state index in [4.69, 9.17) is 9.47 Å². The fraction of sp³-hybridized carbons (Fsp3) is 0.875. The third-order valence-electron chi connectivity index (χ3n) is 1.76. The van der Waals surface area contributed by atoms with Crippen LogP contribution >= 0.6 is 0 Å². The molecule has 3 nitrogen and oxygen atoms in total. The smallest absolute Gasteiger partial charge is 0.164 e. The summed E-state index contributed by atoms with van der Waals surface area (Å²) >= 11 is 0. The van der Waals surface area contributed by atoms with Crippen molar-refractivity contribution in [2.75, 3.05) is 0 Å². The molecule has 1 aliphatic rings. The quantitative estimate of drug-likeness (QED) is 0.565. The molecule has 0 saturated carbocycles. The first-order valence-corrected chi connectivity index (χ1v) is 3.90. The van der Waals surface area contributed by atoms with E-state index >= 15 is 0 Å². The Hall–Kier alpha value is -0.410.